The summed E-state index contributed by atoms with van der Waals surface area (Å²) in [6, 6.07) is 3.61. The number of aromatic nitrogens is 1. The minimum absolute atomic E-state index is 0.0340. The van der Waals surface area contributed by atoms with E-state index < -0.39 is 12.1 Å². The Balaban J connectivity index is 2.41. The Morgan fingerprint density at radius 1 is 1.50 bits per heavy atom. The number of rotatable bonds is 6. The van der Waals surface area contributed by atoms with E-state index in [9.17, 15) is 14.7 Å². The number of aromatic carboxylic acids is 1. The summed E-state index contributed by atoms with van der Waals surface area (Å²) in [5, 5.41) is 12.4. The number of hydrogen-bond donors (Lipinski definition) is 2. The van der Waals surface area contributed by atoms with Crippen LogP contribution >= 0.6 is 11.3 Å². The molecule has 2 rings (SSSR count). The number of anilines is 1. The van der Waals surface area contributed by atoms with Gasteiger partial charge in [0, 0.05) is 11.1 Å². The van der Waals surface area contributed by atoms with Crippen molar-refractivity contribution in [2.24, 2.45) is 0 Å². The van der Waals surface area contributed by atoms with E-state index in [1.807, 2.05) is 13.0 Å². The Morgan fingerprint density at radius 2 is 2.27 bits per heavy atom. The van der Waals surface area contributed by atoms with Crippen LogP contribution in [-0.2, 0) is 11.2 Å². The van der Waals surface area contributed by atoms with E-state index >= 15 is 0 Å². The van der Waals surface area contributed by atoms with Crippen molar-refractivity contribution in [3.63, 3.8) is 0 Å². The van der Waals surface area contributed by atoms with Gasteiger partial charge in [0.05, 0.1) is 5.69 Å². The van der Waals surface area contributed by atoms with Gasteiger partial charge in [0.25, 0.3) is 0 Å². The Kier molecular flexibility index (Phi) is 5.11. The second-order valence-electron chi connectivity index (χ2n) is 4.53. The highest BCUT2D eigenvalue weighted by Gasteiger charge is 2.21. The first-order valence-electron chi connectivity index (χ1n) is 6.77. The van der Waals surface area contributed by atoms with Gasteiger partial charge in [0.2, 0.25) is 0 Å². The summed E-state index contributed by atoms with van der Waals surface area (Å²) in [5.74, 6) is -1.11. The normalized spacial score (nSPS) is 10.4. The number of carbonyl (C=O) groups excluding carboxylic acids is 1. The highest BCUT2D eigenvalue weighted by Crippen LogP contribution is 2.35. The molecule has 2 aromatic heterocycles. The molecule has 0 saturated carbocycles. The average molecular weight is 320 g/mol. The van der Waals surface area contributed by atoms with Crippen LogP contribution in [0, 0.1) is 0 Å². The molecular weight excluding hydrogens is 304 g/mol. The summed E-state index contributed by atoms with van der Waals surface area (Å²) >= 11 is 1.04. The predicted molar refractivity (Wildman–Crippen MR) is 85.7 cm³/mol. The van der Waals surface area contributed by atoms with Crippen molar-refractivity contribution >= 4 is 39.3 Å². The second kappa shape index (κ2) is 7.04. The van der Waals surface area contributed by atoms with E-state index in [-0.39, 0.29) is 17.2 Å². The largest absolute Gasteiger partial charge is 0.477 e. The summed E-state index contributed by atoms with van der Waals surface area (Å²) in [6.45, 7) is 5.54. The van der Waals surface area contributed by atoms with Crippen LogP contribution in [0.25, 0.3) is 10.2 Å². The number of nitrogens with zero attached hydrogens (tertiary/aromatic N) is 1. The van der Waals surface area contributed by atoms with Gasteiger partial charge >= 0.3 is 12.1 Å². The fraction of sp³-hybridized carbons (Fsp3) is 0.267. The number of hydrogen-bond acceptors (Lipinski definition) is 5. The molecule has 6 nitrogen and oxygen atoms in total. The summed E-state index contributed by atoms with van der Waals surface area (Å²) in [4.78, 5) is 28.1. The van der Waals surface area contributed by atoms with E-state index in [1.54, 1.807) is 6.07 Å². The third-order valence-corrected chi connectivity index (χ3v) is 3.96. The molecule has 0 saturated heterocycles. The zero-order valence-corrected chi connectivity index (χ0v) is 12.9. The molecule has 2 aromatic rings. The molecule has 22 heavy (non-hydrogen) atoms. The summed E-state index contributed by atoms with van der Waals surface area (Å²) in [5.41, 5.74) is 1.12. The number of carboxylic acids is 1. The Hall–Kier alpha value is -2.41. The van der Waals surface area contributed by atoms with Crippen molar-refractivity contribution in [2.75, 3.05) is 11.9 Å². The fourth-order valence-corrected chi connectivity index (χ4v) is 2.95. The van der Waals surface area contributed by atoms with Gasteiger partial charge in [-0.25, -0.2) is 14.6 Å². The Bertz CT molecular complexity index is 724. The highest BCUT2D eigenvalue weighted by atomic mass is 32.1. The Labute approximate surface area is 131 Å². The van der Waals surface area contributed by atoms with Crippen LogP contribution in [0.15, 0.2) is 24.8 Å². The molecule has 0 radical (unpaired) electrons. The van der Waals surface area contributed by atoms with E-state index in [0.717, 1.165) is 29.9 Å². The predicted octanol–water partition coefficient (Wildman–Crippen LogP) is 3.68. The Morgan fingerprint density at radius 3 is 2.91 bits per heavy atom. The van der Waals surface area contributed by atoms with Gasteiger partial charge in [-0.2, -0.15) is 0 Å². The van der Waals surface area contributed by atoms with Gasteiger partial charge in [-0.15, -0.1) is 11.3 Å². The SMILES string of the molecule is C=CCOC(=O)Nc1c(C(=O)O)sc2nc(CCC)ccc12. The topological polar surface area (TPSA) is 88.5 Å². The lowest BCUT2D eigenvalue weighted by atomic mass is 10.2. The number of nitrogens with one attached hydrogen (secondary N) is 1. The molecule has 0 bridgehead atoms. The van der Waals surface area contributed by atoms with Gasteiger partial charge in [0.15, 0.2) is 0 Å². The molecule has 7 heteroatoms. The number of carbonyl (C=O) groups is 2. The number of carboxylic acid groups (broad SMARTS) is 1. The van der Waals surface area contributed by atoms with E-state index in [0.29, 0.717) is 10.2 Å². The lowest BCUT2D eigenvalue weighted by Crippen LogP contribution is -2.15. The number of aryl methyl sites for hydroxylation is 1. The molecule has 0 aliphatic carbocycles. The highest BCUT2D eigenvalue weighted by molar-refractivity contribution is 7.21. The first kappa shape index (κ1) is 16.0. The van der Waals surface area contributed by atoms with E-state index in [1.165, 1.54) is 6.08 Å². The van der Waals surface area contributed by atoms with Crippen LogP contribution in [0.2, 0.25) is 0 Å². The smallest absolute Gasteiger partial charge is 0.412 e. The van der Waals surface area contributed by atoms with Crippen LogP contribution in [0.1, 0.15) is 28.7 Å². The van der Waals surface area contributed by atoms with Gasteiger partial charge in [0.1, 0.15) is 16.3 Å². The molecule has 0 aliphatic heterocycles. The maximum atomic E-state index is 11.7. The maximum Gasteiger partial charge on any atom is 0.412 e. The van der Waals surface area contributed by atoms with Crippen LogP contribution < -0.4 is 5.32 Å². The molecule has 2 N–H and O–H groups in total. The first-order valence-corrected chi connectivity index (χ1v) is 7.58. The monoisotopic (exact) mass is 320 g/mol. The average Bonchev–Trinajstić information content (AvgIpc) is 2.84. The van der Waals surface area contributed by atoms with Crippen molar-refractivity contribution in [3.8, 4) is 0 Å². The minimum atomic E-state index is -1.11. The lowest BCUT2D eigenvalue weighted by Gasteiger charge is -2.05. The number of fused-ring (bicyclic) bond motifs is 1. The fourth-order valence-electron chi connectivity index (χ4n) is 1.96. The van der Waals surface area contributed by atoms with Crippen LogP contribution in [0.4, 0.5) is 10.5 Å². The van der Waals surface area contributed by atoms with Gasteiger partial charge in [-0.05, 0) is 18.6 Å². The molecule has 0 fully saturated rings. The zero-order chi connectivity index (χ0) is 16.1. The van der Waals surface area contributed by atoms with Crippen molar-refractivity contribution in [1.29, 1.82) is 0 Å². The molecule has 0 aliphatic rings. The van der Waals surface area contributed by atoms with Crippen LogP contribution in [0.3, 0.4) is 0 Å². The number of amides is 1. The molecule has 0 atom stereocenters. The van der Waals surface area contributed by atoms with Gasteiger partial charge in [-0.3, -0.25) is 5.32 Å². The first-order chi connectivity index (χ1) is 10.6. The zero-order valence-electron chi connectivity index (χ0n) is 12.1. The molecular formula is C15H16N2O4S. The molecule has 0 unspecified atom stereocenters. The van der Waals surface area contributed by atoms with Crippen LogP contribution in [0.5, 0.6) is 0 Å². The summed E-state index contributed by atoms with van der Waals surface area (Å²) in [6.07, 6.45) is 2.48. The third kappa shape index (κ3) is 3.43. The minimum Gasteiger partial charge on any atom is -0.477 e. The quantitative estimate of drug-likeness (QED) is 0.793. The van der Waals surface area contributed by atoms with Crippen molar-refractivity contribution in [1.82, 2.24) is 4.98 Å². The lowest BCUT2D eigenvalue weighted by molar-refractivity contribution is 0.0703. The van der Waals surface area contributed by atoms with E-state index in [2.05, 4.69) is 16.9 Å². The maximum absolute atomic E-state index is 11.7. The van der Waals surface area contributed by atoms with Gasteiger partial charge < -0.3 is 9.84 Å². The molecule has 0 aromatic carbocycles. The number of pyridine rings is 1. The number of thiophene rings is 1. The molecule has 1 amide bonds. The van der Waals surface area contributed by atoms with E-state index in [4.69, 9.17) is 4.74 Å². The van der Waals surface area contributed by atoms with Crippen molar-refractivity contribution in [3.05, 3.63) is 35.4 Å². The molecule has 2 heterocycles. The third-order valence-electron chi connectivity index (χ3n) is 2.87. The number of ether oxygens (including phenoxy) is 1. The standard InChI is InChI=1S/C15H16N2O4S/c1-3-5-9-6-7-10-11(17-15(20)21-8-4-2)12(14(18)19)22-13(10)16-9/h4,6-7H,2-3,5,8H2,1H3,(H,17,20)(H,18,19). The molecule has 116 valence electrons. The second-order valence-corrected chi connectivity index (χ2v) is 5.53. The van der Waals surface area contributed by atoms with Crippen molar-refractivity contribution in [2.45, 2.75) is 19.8 Å². The van der Waals surface area contributed by atoms with Crippen molar-refractivity contribution < 1.29 is 19.4 Å². The van der Waals surface area contributed by atoms with Crippen LogP contribution in [-0.4, -0.2) is 28.8 Å². The van der Waals surface area contributed by atoms with Gasteiger partial charge in [-0.1, -0.05) is 26.0 Å². The summed E-state index contributed by atoms with van der Waals surface area (Å²) < 4.78 is 4.83. The molecule has 0 spiro atoms. The summed E-state index contributed by atoms with van der Waals surface area (Å²) in [7, 11) is 0.